The van der Waals surface area contributed by atoms with Crippen LogP contribution in [0.2, 0.25) is 0 Å². The summed E-state index contributed by atoms with van der Waals surface area (Å²) in [5.74, 6) is 0.956. The number of hydrogen-bond donors (Lipinski definition) is 1. The van der Waals surface area contributed by atoms with Crippen molar-refractivity contribution in [3.8, 4) is 0 Å². The van der Waals surface area contributed by atoms with E-state index in [0.717, 1.165) is 24.5 Å². The maximum atomic E-state index is 4.13. The molecule has 9 heavy (non-hydrogen) atoms. The number of fused-ring (bicyclic) bond motifs is 1. The molecule has 0 spiro atoms. The molecule has 0 aromatic carbocycles. The van der Waals surface area contributed by atoms with E-state index in [0.29, 0.717) is 0 Å². The van der Waals surface area contributed by atoms with Gasteiger partial charge in [-0.15, -0.1) is 0 Å². The summed E-state index contributed by atoms with van der Waals surface area (Å²) in [6, 6.07) is 0. The van der Waals surface area contributed by atoms with E-state index in [9.17, 15) is 0 Å². The first-order valence-corrected chi connectivity index (χ1v) is 3.00. The summed E-state index contributed by atoms with van der Waals surface area (Å²) >= 11 is 0. The Morgan fingerprint density at radius 3 is 3.11 bits per heavy atom. The van der Waals surface area contributed by atoms with E-state index >= 15 is 0 Å². The molecule has 1 aliphatic heterocycles. The second-order valence-corrected chi connectivity index (χ2v) is 2.03. The van der Waals surface area contributed by atoms with Crippen LogP contribution in [0, 0.1) is 0 Å². The average Bonchev–Trinajstić information content (AvgIpc) is 2.33. The van der Waals surface area contributed by atoms with E-state index in [1.165, 1.54) is 0 Å². The van der Waals surface area contributed by atoms with Crippen LogP contribution in [0.25, 0.3) is 0 Å². The van der Waals surface area contributed by atoms with Crippen molar-refractivity contribution in [3.63, 3.8) is 0 Å². The maximum absolute atomic E-state index is 4.13. The molecule has 2 rings (SSSR count). The predicted octanol–water partition coefficient (Wildman–Crippen LogP) is 0.445. The Morgan fingerprint density at radius 1 is 1.33 bits per heavy atom. The first-order chi connectivity index (χ1) is 4.47. The van der Waals surface area contributed by atoms with Gasteiger partial charge in [0.25, 0.3) is 0 Å². The Morgan fingerprint density at radius 2 is 2.22 bits per heavy atom. The monoisotopic (exact) mass is 121 g/mol. The van der Waals surface area contributed by atoms with E-state index in [-0.39, 0.29) is 0 Å². The van der Waals surface area contributed by atoms with Gasteiger partial charge in [0.2, 0.25) is 0 Å². The van der Waals surface area contributed by atoms with Gasteiger partial charge in [-0.2, -0.15) is 0 Å². The van der Waals surface area contributed by atoms with Crippen molar-refractivity contribution in [1.29, 1.82) is 0 Å². The zero-order chi connectivity index (χ0) is 6.10. The molecule has 1 aromatic heterocycles. The van der Waals surface area contributed by atoms with Crippen molar-refractivity contribution < 1.29 is 0 Å². The van der Waals surface area contributed by atoms with Crippen LogP contribution in [0.5, 0.6) is 0 Å². The lowest BCUT2D eigenvalue weighted by Gasteiger charge is -1.92. The zero-order valence-electron chi connectivity index (χ0n) is 4.96. The Balaban J connectivity index is 2.54. The molecule has 0 aliphatic carbocycles. The smallest absolute Gasteiger partial charge is 0.147 e. The van der Waals surface area contributed by atoms with Gasteiger partial charge in [0.15, 0.2) is 0 Å². The SMILES string of the molecule is c1cnc2c(n1)CCN2. The first kappa shape index (κ1) is 4.73. The summed E-state index contributed by atoms with van der Waals surface area (Å²) in [4.78, 5) is 8.22. The van der Waals surface area contributed by atoms with E-state index in [1.807, 2.05) is 0 Å². The molecule has 1 aliphatic rings. The number of nitrogens with one attached hydrogen (secondary N) is 1. The summed E-state index contributed by atoms with van der Waals surface area (Å²) in [5, 5.41) is 3.13. The minimum atomic E-state index is 0.956. The van der Waals surface area contributed by atoms with Crippen LogP contribution in [0.15, 0.2) is 12.4 Å². The Hall–Kier alpha value is -1.12. The third-order valence-electron chi connectivity index (χ3n) is 1.43. The highest BCUT2D eigenvalue weighted by atomic mass is 15.0. The average molecular weight is 121 g/mol. The summed E-state index contributed by atoms with van der Waals surface area (Å²) in [6.07, 6.45) is 4.45. The van der Waals surface area contributed by atoms with Crippen molar-refractivity contribution in [2.45, 2.75) is 6.42 Å². The normalized spacial score (nSPS) is 14.7. The summed E-state index contributed by atoms with van der Waals surface area (Å²) < 4.78 is 0. The quantitative estimate of drug-likeness (QED) is 0.541. The third-order valence-corrected chi connectivity index (χ3v) is 1.43. The van der Waals surface area contributed by atoms with Crippen LogP contribution in [0.3, 0.4) is 0 Å². The minimum absolute atomic E-state index is 0.956. The Bertz CT molecular complexity index is 198. The van der Waals surface area contributed by atoms with Crippen LogP contribution in [-0.2, 0) is 6.42 Å². The predicted molar refractivity (Wildman–Crippen MR) is 34.2 cm³/mol. The lowest BCUT2D eigenvalue weighted by molar-refractivity contribution is 1.04. The molecule has 1 N–H and O–H groups in total. The van der Waals surface area contributed by atoms with Crippen LogP contribution >= 0.6 is 0 Å². The van der Waals surface area contributed by atoms with Crippen LogP contribution < -0.4 is 5.32 Å². The van der Waals surface area contributed by atoms with Gasteiger partial charge in [-0.3, -0.25) is 4.98 Å². The van der Waals surface area contributed by atoms with Gasteiger partial charge >= 0.3 is 0 Å². The van der Waals surface area contributed by atoms with Crippen molar-refractivity contribution in [3.05, 3.63) is 18.1 Å². The molecule has 3 nitrogen and oxygen atoms in total. The van der Waals surface area contributed by atoms with Gasteiger partial charge in [-0.1, -0.05) is 0 Å². The van der Waals surface area contributed by atoms with Gasteiger partial charge in [-0.05, 0) is 0 Å². The standard InChI is InChI=1S/C6H7N3/c1-2-8-6-5(1)7-3-4-9-6/h3-4H,1-2H2,(H,8,9). The molecule has 2 heterocycles. The fraction of sp³-hybridized carbons (Fsp3) is 0.333. The molecule has 0 fully saturated rings. The van der Waals surface area contributed by atoms with Gasteiger partial charge < -0.3 is 5.32 Å². The molecule has 0 saturated carbocycles. The van der Waals surface area contributed by atoms with Gasteiger partial charge in [0.05, 0.1) is 5.69 Å². The van der Waals surface area contributed by atoms with Crippen LogP contribution in [0.1, 0.15) is 5.69 Å². The lowest BCUT2D eigenvalue weighted by atomic mass is 10.4. The molecule has 0 amide bonds. The fourth-order valence-corrected chi connectivity index (χ4v) is 0.997. The maximum Gasteiger partial charge on any atom is 0.147 e. The van der Waals surface area contributed by atoms with Crippen molar-refractivity contribution >= 4 is 5.82 Å². The molecule has 0 saturated heterocycles. The Kier molecular flexibility index (Phi) is 0.886. The van der Waals surface area contributed by atoms with E-state index in [1.54, 1.807) is 12.4 Å². The number of hydrogen-bond acceptors (Lipinski definition) is 3. The van der Waals surface area contributed by atoms with E-state index in [2.05, 4.69) is 15.3 Å². The minimum Gasteiger partial charge on any atom is -0.368 e. The van der Waals surface area contributed by atoms with Crippen LogP contribution in [0.4, 0.5) is 5.82 Å². The summed E-state index contributed by atoms with van der Waals surface area (Å²) in [6.45, 7) is 0.985. The lowest BCUT2D eigenvalue weighted by Crippen LogP contribution is -1.92. The molecule has 1 aromatic rings. The molecule has 0 atom stereocenters. The number of nitrogens with zero attached hydrogens (tertiary/aromatic N) is 2. The molecule has 0 radical (unpaired) electrons. The van der Waals surface area contributed by atoms with Gasteiger partial charge in [0.1, 0.15) is 5.82 Å². The summed E-state index contributed by atoms with van der Waals surface area (Å²) in [5.41, 5.74) is 1.09. The highest BCUT2D eigenvalue weighted by Gasteiger charge is 2.09. The highest BCUT2D eigenvalue weighted by molar-refractivity contribution is 5.43. The Labute approximate surface area is 53.1 Å². The van der Waals surface area contributed by atoms with E-state index in [4.69, 9.17) is 0 Å². The molecule has 46 valence electrons. The topological polar surface area (TPSA) is 37.8 Å². The number of anilines is 1. The van der Waals surface area contributed by atoms with Crippen molar-refractivity contribution in [1.82, 2.24) is 9.97 Å². The van der Waals surface area contributed by atoms with Crippen molar-refractivity contribution in [2.75, 3.05) is 11.9 Å². The van der Waals surface area contributed by atoms with Gasteiger partial charge in [0, 0.05) is 25.4 Å². The molecular formula is C6H7N3. The molecule has 3 heteroatoms. The zero-order valence-corrected chi connectivity index (χ0v) is 4.96. The van der Waals surface area contributed by atoms with Crippen molar-refractivity contribution in [2.24, 2.45) is 0 Å². The number of rotatable bonds is 0. The second-order valence-electron chi connectivity index (χ2n) is 2.03. The summed E-state index contributed by atoms with van der Waals surface area (Å²) in [7, 11) is 0. The van der Waals surface area contributed by atoms with Gasteiger partial charge in [-0.25, -0.2) is 4.98 Å². The van der Waals surface area contributed by atoms with Crippen LogP contribution in [-0.4, -0.2) is 16.5 Å². The number of aromatic nitrogens is 2. The largest absolute Gasteiger partial charge is 0.368 e. The highest BCUT2D eigenvalue weighted by Crippen LogP contribution is 2.13. The fourth-order valence-electron chi connectivity index (χ4n) is 0.997. The molecule has 0 bridgehead atoms. The molecule has 0 unspecified atom stereocenters. The second kappa shape index (κ2) is 1.69. The third kappa shape index (κ3) is 0.650. The van der Waals surface area contributed by atoms with E-state index < -0.39 is 0 Å². The molecular weight excluding hydrogens is 114 g/mol. The first-order valence-electron chi connectivity index (χ1n) is 3.00.